The summed E-state index contributed by atoms with van der Waals surface area (Å²) in [6.45, 7) is 13.7. The molecule has 5 nitrogen and oxygen atoms in total. The Kier molecular flexibility index (Phi) is 7.04. The average Bonchev–Trinajstić information content (AvgIpc) is 2.56. The van der Waals surface area contributed by atoms with E-state index in [9.17, 15) is 0 Å². The highest BCUT2D eigenvalue weighted by atomic mass is 15.1. The molecule has 0 bridgehead atoms. The van der Waals surface area contributed by atoms with Crippen molar-refractivity contribution in [1.29, 1.82) is 0 Å². The van der Waals surface area contributed by atoms with E-state index in [0.717, 1.165) is 49.2 Å². The van der Waals surface area contributed by atoms with Crippen molar-refractivity contribution in [3.05, 3.63) is 36.2 Å². The number of benzene rings is 1. The van der Waals surface area contributed by atoms with Crippen LogP contribution in [-0.4, -0.2) is 29.6 Å². The van der Waals surface area contributed by atoms with Crippen molar-refractivity contribution in [3.63, 3.8) is 0 Å². The molecule has 0 spiro atoms. The molecule has 0 unspecified atom stereocenters. The first-order chi connectivity index (χ1) is 12.0. The molecule has 2 N–H and O–H groups in total. The minimum absolute atomic E-state index is 0.678. The molecule has 0 saturated heterocycles. The van der Waals surface area contributed by atoms with Crippen LogP contribution in [0.4, 0.5) is 23.0 Å². The van der Waals surface area contributed by atoms with Gasteiger partial charge in [0.15, 0.2) is 0 Å². The van der Waals surface area contributed by atoms with E-state index in [1.165, 1.54) is 5.69 Å². The highest BCUT2D eigenvalue weighted by Crippen LogP contribution is 2.21. The lowest BCUT2D eigenvalue weighted by Crippen LogP contribution is -2.21. The molecule has 0 saturated carbocycles. The topological polar surface area (TPSA) is 53.1 Å². The second-order valence-electron chi connectivity index (χ2n) is 6.64. The lowest BCUT2D eigenvalue weighted by atomic mass is 10.1. The molecule has 0 aliphatic heterocycles. The highest BCUT2D eigenvalue weighted by molar-refractivity contribution is 5.62. The van der Waals surface area contributed by atoms with E-state index in [2.05, 4.69) is 77.5 Å². The van der Waals surface area contributed by atoms with E-state index >= 15 is 0 Å². The van der Waals surface area contributed by atoms with Crippen LogP contribution in [-0.2, 0) is 0 Å². The van der Waals surface area contributed by atoms with E-state index < -0.39 is 0 Å². The Bertz CT molecular complexity index is 648. The SMILES string of the molecule is CCN(CC)c1ccc(Nc2cc(NCCC(C)C)nc(C)n2)cc1. The molecule has 1 heterocycles. The van der Waals surface area contributed by atoms with Crippen molar-refractivity contribution in [3.8, 4) is 0 Å². The molecule has 1 aromatic heterocycles. The van der Waals surface area contributed by atoms with Crippen LogP contribution in [0.1, 0.15) is 39.9 Å². The Morgan fingerprint density at radius 2 is 1.64 bits per heavy atom. The second-order valence-corrected chi connectivity index (χ2v) is 6.64. The number of hydrogen-bond acceptors (Lipinski definition) is 5. The van der Waals surface area contributed by atoms with Gasteiger partial charge in [0.2, 0.25) is 0 Å². The molecule has 0 amide bonds. The summed E-state index contributed by atoms with van der Waals surface area (Å²) in [5, 5.41) is 6.76. The predicted octanol–water partition coefficient (Wildman–Crippen LogP) is 4.83. The summed E-state index contributed by atoms with van der Waals surface area (Å²) in [5.74, 6) is 3.12. The monoisotopic (exact) mass is 341 g/mol. The van der Waals surface area contributed by atoms with E-state index in [1.807, 2.05) is 13.0 Å². The third-order valence-corrected chi connectivity index (χ3v) is 4.13. The van der Waals surface area contributed by atoms with Crippen LogP contribution in [0, 0.1) is 12.8 Å². The zero-order valence-electron chi connectivity index (χ0n) is 16.1. The number of nitrogens with zero attached hydrogens (tertiary/aromatic N) is 3. The van der Waals surface area contributed by atoms with Gasteiger partial charge in [-0.15, -0.1) is 0 Å². The molecule has 0 radical (unpaired) electrons. The van der Waals surface area contributed by atoms with Gasteiger partial charge in [-0.1, -0.05) is 13.8 Å². The third-order valence-electron chi connectivity index (χ3n) is 4.13. The largest absolute Gasteiger partial charge is 0.372 e. The molecular weight excluding hydrogens is 310 g/mol. The van der Waals surface area contributed by atoms with E-state index in [4.69, 9.17) is 0 Å². The Morgan fingerprint density at radius 3 is 2.24 bits per heavy atom. The van der Waals surface area contributed by atoms with Crippen LogP contribution in [0.25, 0.3) is 0 Å². The van der Waals surface area contributed by atoms with Crippen LogP contribution in [0.2, 0.25) is 0 Å². The second kappa shape index (κ2) is 9.25. The summed E-state index contributed by atoms with van der Waals surface area (Å²) in [6, 6.07) is 10.4. The Hall–Kier alpha value is -2.30. The maximum absolute atomic E-state index is 4.49. The summed E-state index contributed by atoms with van der Waals surface area (Å²) >= 11 is 0. The zero-order chi connectivity index (χ0) is 18.2. The Balaban J connectivity index is 2.05. The van der Waals surface area contributed by atoms with Crippen molar-refractivity contribution in [2.45, 2.75) is 41.0 Å². The van der Waals surface area contributed by atoms with Gasteiger partial charge in [0.05, 0.1) is 0 Å². The maximum Gasteiger partial charge on any atom is 0.136 e. The van der Waals surface area contributed by atoms with Gasteiger partial charge < -0.3 is 15.5 Å². The van der Waals surface area contributed by atoms with Crippen molar-refractivity contribution < 1.29 is 0 Å². The first-order valence-electron chi connectivity index (χ1n) is 9.23. The number of rotatable bonds is 9. The van der Waals surface area contributed by atoms with Crippen molar-refractivity contribution in [2.24, 2.45) is 5.92 Å². The van der Waals surface area contributed by atoms with Gasteiger partial charge >= 0.3 is 0 Å². The molecule has 0 fully saturated rings. The third kappa shape index (κ3) is 5.93. The molecule has 25 heavy (non-hydrogen) atoms. The normalized spacial score (nSPS) is 10.8. The van der Waals surface area contributed by atoms with Crippen LogP contribution in [0.5, 0.6) is 0 Å². The minimum atomic E-state index is 0.678. The van der Waals surface area contributed by atoms with Gasteiger partial charge in [0.25, 0.3) is 0 Å². The molecule has 1 aromatic carbocycles. The number of aryl methyl sites for hydroxylation is 1. The lowest BCUT2D eigenvalue weighted by Gasteiger charge is -2.21. The minimum Gasteiger partial charge on any atom is -0.372 e. The fourth-order valence-electron chi connectivity index (χ4n) is 2.70. The number of aromatic nitrogens is 2. The average molecular weight is 342 g/mol. The Labute approximate surface area is 151 Å². The van der Waals surface area contributed by atoms with Gasteiger partial charge in [0, 0.05) is 37.1 Å². The van der Waals surface area contributed by atoms with Gasteiger partial charge in [-0.2, -0.15) is 0 Å². The molecule has 2 aromatic rings. The quantitative estimate of drug-likeness (QED) is 0.684. The first kappa shape index (κ1) is 19.0. The Morgan fingerprint density at radius 1 is 1.00 bits per heavy atom. The fourth-order valence-corrected chi connectivity index (χ4v) is 2.70. The summed E-state index contributed by atoms with van der Waals surface area (Å²) in [6.07, 6.45) is 1.12. The number of nitrogens with one attached hydrogen (secondary N) is 2. The standard InChI is InChI=1S/C20H31N5/c1-6-25(7-2)18-10-8-17(9-11-18)24-20-14-19(22-16(5)23-20)21-13-12-15(3)4/h8-11,14-15H,6-7,12-13H2,1-5H3,(H2,21,22,23,24). The summed E-state index contributed by atoms with van der Waals surface area (Å²) < 4.78 is 0. The zero-order valence-corrected chi connectivity index (χ0v) is 16.1. The number of anilines is 4. The molecule has 5 heteroatoms. The smallest absolute Gasteiger partial charge is 0.136 e. The maximum atomic E-state index is 4.49. The molecular formula is C20H31N5. The van der Waals surface area contributed by atoms with Crippen molar-refractivity contribution >= 4 is 23.0 Å². The van der Waals surface area contributed by atoms with Crippen LogP contribution in [0.15, 0.2) is 30.3 Å². The van der Waals surface area contributed by atoms with Crippen LogP contribution < -0.4 is 15.5 Å². The van der Waals surface area contributed by atoms with Crippen LogP contribution >= 0.6 is 0 Å². The molecule has 0 aliphatic carbocycles. The van der Waals surface area contributed by atoms with Gasteiger partial charge in [-0.3, -0.25) is 0 Å². The molecule has 2 rings (SSSR count). The molecule has 0 atom stereocenters. The molecule has 0 aliphatic rings. The van der Waals surface area contributed by atoms with E-state index in [-0.39, 0.29) is 0 Å². The van der Waals surface area contributed by atoms with Crippen LogP contribution in [0.3, 0.4) is 0 Å². The van der Waals surface area contributed by atoms with E-state index in [1.54, 1.807) is 0 Å². The first-order valence-corrected chi connectivity index (χ1v) is 9.23. The van der Waals surface area contributed by atoms with Crippen molar-refractivity contribution in [1.82, 2.24) is 9.97 Å². The highest BCUT2D eigenvalue weighted by Gasteiger charge is 2.05. The lowest BCUT2D eigenvalue weighted by molar-refractivity contribution is 0.606. The molecule has 136 valence electrons. The fraction of sp³-hybridized carbons (Fsp3) is 0.500. The van der Waals surface area contributed by atoms with Crippen molar-refractivity contribution in [2.75, 3.05) is 35.2 Å². The summed E-state index contributed by atoms with van der Waals surface area (Å²) in [7, 11) is 0. The summed E-state index contributed by atoms with van der Waals surface area (Å²) in [4.78, 5) is 11.3. The summed E-state index contributed by atoms with van der Waals surface area (Å²) in [5.41, 5.74) is 2.27. The van der Waals surface area contributed by atoms with Gasteiger partial charge in [-0.25, -0.2) is 9.97 Å². The van der Waals surface area contributed by atoms with Gasteiger partial charge in [-0.05, 0) is 57.4 Å². The van der Waals surface area contributed by atoms with E-state index in [0.29, 0.717) is 5.92 Å². The van der Waals surface area contributed by atoms with Gasteiger partial charge in [0.1, 0.15) is 17.5 Å². The number of hydrogen-bond donors (Lipinski definition) is 2. The predicted molar refractivity (Wildman–Crippen MR) is 108 cm³/mol.